The van der Waals surface area contributed by atoms with E-state index in [1.165, 1.54) is 6.20 Å². The first kappa shape index (κ1) is 10.2. The van der Waals surface area contributed by atoms with Gasteiger partial charge < -0.3 is 0 Å². The zero-order chi connectivity index (χ0) is 9.30. The Morgan fingerprint density at radius 3 is 2.42 bits per heavy atom. The molecular weight excluding hydrogens is 275 g/mol. The van der Waals surface area contributed by atoms with Crippen LogP contribution in [0.5, 0.6) is 0 Å². The van der Waals surface area contributed by atoms with E-state index in [9.17, 15) is 8.78 Å². The lowest BCUT2D eigenvalue weighted by molar-refractivity contribution is 0.150. The number of aromatic nitrogens is 1. The predicted molar refractivity (Wildman–Crippen MR) is 46.9 cm³/mol. The van der Waals surface area contributed by atoms with Gasteiger partial charge in [-0.15, -0.1) is 0 Å². The maximum absolute atomic E-state index is 12.3. The van der Waals surface area contributed by atoms with E-state index < -0.39 is 6.43 Å². The van der Waals surface area contributed by atoms with E-state index in [1.54, 1.807) is 0 Å². The SMILES string of the molecule is FC(F)c1c(Cl)ncc(Cl)c1Br. The Morgan fingerprint density at radius 2 is 2.00 bits per heavy atom. The molecule has 12 heavy (non-hydrogen) atoms. The molecule has 1 nitrogen and oxygen atoms in total. The highest BCUT2D eigenvalue weighted by Crippen LogP contribution is 2.36. The molecule has 0 aliphatic carbocycles. The van der Waals surface area contributed by atoms with Gasteiger partial charge in [-0.3, -0.25) is 0 Å². The molecule has 1 rings (SSSR count). The number of hydrogen-bond acceptors (Lipinski definition) is 1. The monoisotopic (exact) mass is 275 g/mol. The van der Waals surface area contributed by atoms with Gasteiger partial charge in [0.2, 0.25) is 0 Å². The predicted octanol–water partition coefficient (Wildman–Crippen LogP) is 4.09. The second-order valence-corrected chi connectivity index (χ2v) is 3.48. The van der Waals surface area contributed by atoms with Crippen molar-refractivity contribution < 1.29 is 8.78 Å². The number of halogens is 5. The second-order valence-electron chi connectivity index (χ2n) is 1.93. The van der Waals surface area contributed by atoms with Crippen LogP contribution in [-0.4, -0.2) is 4.98 Å². The Kier molecular flexibility index (Phi) is 3.26. The van der Waals surface area contributed by atoms with Gasteiger partial charge in [-0.2, -0.15) is 0 Å². The molecule has 0 aromatic carbocycles. The highest BCUT2D eigenvalue weighted by molar-refractivity contribution is 9.10. The lowest BCUT2D eigenvalue weighted by Crippen LogP contribution is -1.91. The third kappa shape index (κ3) is 1.87. The highest BCUT2D eigenvalue weighted by atomic mass is 79.9. The zero-order valence-corrected chi connectivity index (χ0v) is 8.59. The maximum Gasteiger partial charge on any atom is 0.267 e. The van der Waals surface area contributed by atoms with Crippen LogP contribution in [0.15, 0.2) is 10.7 Å². The number of pyridine rings is 1. The molecule has 0 bridgehead atoms. The van der Waals surface area contributed by atoms with E-state index in [4.69, 9.17) is 23.2 Å². The zero-order valence-electron chi connectivity index (χ0n) is 5.49. The average Bonchev–Trinajstić information content (AvgIpc) is 1.97. The van der Waals surface area contributed by atoms with Gasteiger partial charge in [0, 0.05) is 10.7 Å². The molecule has 0 saturated carbocycles. The van der Waals surface area contributed by atoms with Crippen molar-refractivity contribution in [2.75, 3.05) is 0 Å². The fourth-order valence-corrected chi connectivity index (χ4v) is 1.60. The molecule has 0 aliphatic heterocycles. The Bertz CT molecular complexity index is 306. The third-order valence-electron chi connectivity index (χ3n) is 1.18. The van der Waals surface area contributed by atoms with Crippen LogP contribution >= 0.6 is 39.1 Å². The number of hydrogen-bond donors (Lipinski definition) is 0. The van der Waals surface area contributed by atoms with E-state index in [1.807, 2.05) is 0 Å². The molecule has 0 aliphatic rings. The van der Waals surface area contributed by atoms with Crippen molar-refractivity contribution in [1.82, 2.24) is 4.98 Å². The van der Waals surface area contributed by atoms with Gasteiger partial charge in [0.25, 0.3) is 6.43 Å². The van der Waals surface area contributed by atoms with Gasteiger partial charge in [-0.25, -0.2) is 13.8 Å². The minimum absolute atomic E-state index is 0.0965. The fourth-order valence-electron chi connectivity index (χ4n) is 0.645. The van der Waals surface area contributed by atoms with Gasteiger partial charge in [-0.05, 0) is 15.9 Å². The third-order valence-corrected chi connectivity index (χ3v) is 2.85. The lowest BCUT2D eigenvalue weighted by atomic mass is 10.3. The van der Waals surface area contributed by atoms with Crippen molar-refractivity contribution in [3.8, 4) is 0 Å². The summed E-state index contributed by atoms with van der Waals surface area (Å²) in [7, 11) is 0. The first-order valence-electron chi connectivity index (χ1n) is 2.81. The molecule has 0 amide bonds. The highest BCUT2D eigenvalue weighted by Gasteiger charge is 2.18. The molecule has 6 heteroatoms. The molecule has 0 atom stereocenters. The van der Waals surface area contributed by atoms with Crippen LogP contribution in [0.3, 0.4) is 0 Å². The number of rotatable bonds is 1. The second kappa shape index (κ2) is 3.85. The molecule has 1 aromatic heterocycles. The molecule has 0 saturated heterocycles. The number of alkyl halides is 2. The van der Waals surface area contributed by atoms with Crippen LogP contribution in [0.2, 0.25) is 10.2 Å². The van der Waals surface area contributed by atoms with E-state index in [-0.39, 0.29) is 20.2 Å². The van der Waals surface area contributed by atoms with Gasteiger partial charge in [0.05, 0.1) is 10.6 Å². The van der Waals surface area contributed by atoms with Crippen molar-refractivity contribution >= 4 is 39.1 Å². The molecule has 0 fully saturated rings. The summed E-state index contributed by atoms with van der Waals surface area (Å²) >= 11 is 13.8. The first-order chi connectivity index (χ1) is 5.54. The summed E-state index contributed by atoms with van der Waals surface area (Å²) in [5.74, 6) is 0. The van der Waals surface area contributed by atoms with Crippen LogP contribution in [0.1, 0.15) is 12.0 Å². The lowest BCUT2D eigenvalue weighted by Gasteiger charge is -2.05. The van der Waals surface area contributed by atoms with Crippen LogP contribution in [0.4, 0.5) is 8.78 Å². The number of nitrogens with zero attached hydrogens (tertiary/aromatic N) is 1. The molecule has 1 aromatic rings. The largest absolute Gasteiger partial charge is 0.267 e. The molecule has 0 radical (unpaired) electrons. The minimum atomic E-state index is -2.68. The summed E-state index contributed by atoms with van der Waals surface area (Å²) in [6, 6.07) is 0. The van der Waals surface area contributed by atoms with Crippen LogP contribution in [0, 0.1) is 0 Å². The average molecular weight is 277 g/mol. The topological polar surface area (TPSA) is 12.9 Å². The van der Waals surface area contributed by atoms with Crippen molar-refractivity contribution in [3.05, 3.63) is 26.4 Å². The van der Waals surface area contributed by atoms with E-state index in [0.717, 1.165) is 0 Å². The maximum atomic E-state index is 12.3. The van der Waals surface area contributed by atoms with E-state index >= 15 is 0 Å². The van der Waals surface area contributed by atoms with Gasteiger partial charge >= 0.3 is 0 Å². The van der Waals surface area contributed by atoms with Crippen molar-refractivity contribution in [2.45, 2.75) is 6.43 Å². The summed E-state index contributed by atoms with van der Waals surface area (Å²) in [5.41, 5.74) is -0.371. The molecule has 66 valence electrons. The van der Waals surface area contributed by atoms with Crippen molar-refractivity contribution in [1.29, 1.82) is 0 Å². The summed E-state index contributed by atoms with van der Waals surface area (Å²) in [6.07, 6.45) is -1.47. The van der Waals surface area contributed by atoms with Gasteiger partial charge in [-0.1, -0.05) is 23.2 Å². The van der Waals surface area contributed by atoms with Crippen LogP contribution in [-0.2, 0) is 0 Å². The molecule has 0 N–H and O–H groups in total. The van der Waals surface area contributed by atoms with Gasteiger partial charge in [0.1, 0.15) is 5.15 Å². The summed E-state index contributed by atoms with van der Waals surface area (Å²) in [5, 5.41) is -0.115. The normalized spacial score (nSPS) is 10.8. The van der Waals surface area contributed by atoms with E-state index in [2.05, 4.69) is 20.9 Å². The Balaban J connectivity index is 3.33. The smallest absolute Gasteiger partial charge is 0.242 e. The van der Waals surface area contributed by atoms with Crippen molar-refractivity contribution in [3.63, 3.8) is 0 Å². The Hall–Kier alpha value is 0.0700. The molecule has 0 unspecified atom stereocenters. The minimum Gasteiger partial charge on any atom is -0.242 e. The Labute approximate surface area is 85.8 Å². The molecule has 1 heterocycles. The Morgan fingerprint density at radius 1 is 1.42 bits per heavy atom. The quantitative estimate of drug-likeness (QED) is 0.704. The van der Waals surface area contributed by atoms with Crippen LogP contribution in [0.25, 0.3) is 0 Å². The van der Waals surface area contributed by atoms with Gasteiger partial charge in [0.15, 0.2) is 0 Å². The van der Waals surface area contributed by atoms with Crippen molar-refractivity contribution in [2.24, 2.45) is 0 Å². The standard InChI is InChI=1S/C6H2BrCl2F2N/c7-4-2(8)1-12-5(9)3(4)6(10)11/h1,6H. The summed E-state index contributed by atoms with van der Waals surface area (Å²) < 4.78 is 24.6. The van der Waals surface area contributed by atoms with Crippen LogP contribution < -0.4 is 0 Å². The molecular formula is C6H2BrCl2F2N. The fraction of sp³-hybridized carbons (Fsp3) is 0.167. The molecule has 0 spiro atoms. The first-order valence-corrected chi connectivity index (χ1v) is 4.36. The van der Waals surface area contributed by atoms with E-state index in [0.29, 0.717) is 0 Å². The summed E-state index contributed by atoms with van der Waals surface area (Å²) in [4.78, 5) is 3.48. The summed E-state index contributed by atoms with van der Waals surface area (Å²) in [6.45, 7) is 0.